The van der Waals surface area contributed by atoms with Crippen molar-refractivity contribution in [3.8, 4) is 6.01 Å². The molecule has 0 N–H and O–H groups in total. The van der Waals surface area contributed by atoms with Gasteiger partial charge in [-0.25, -0.2) is 18.2 Å². The van der Waals surface area contributed by atoms with Crippen LogP contribution in [0, 0.1) is 17.5 Å². The van der Waals surface area contributed by atoms with E-state index in [1.165, 1.54) is 23.1 Å². The number of hydrogen-bond donors (Lipinski definition) is 0. The van der Waals surface area contributed by atoms with Gasteiger partial charge in [-0.2, -0.15) is 4.98 Å². The molecule has 4 nitrogen and oxygen atoms in total. The zero-order valence-electron chi connectivity index (χ0n) is 14.0. The molecular weight excluding hydrogens is 343 g/mol. The monoisotopic (exact) mass is 359 g/mol. The number of halogens is 3. The van der Waals surface area contributed by atoms with E-state index in [1.807, 2.05) is 0 Å². The molecule has 0 aliphatic rings. The highest BCUT2D eigenvalue weighted by atomic mass is 19.1. The molecule has 0 amide bonds. The van der Waals surface area contributed by atoms with E-state index < -0.39 is 5.82 Å². The Morgan fingerprint density at radius 1 is 0.962 bits per heavy atom. The molecule has 134 valence electrons. The van der Waals surface area contributed by atoms with Crippen LogP contribution in [0.5, 0.6) is 6.01 Å². The van der Waals surface area contributed by atoms with Gasteiger partial charge in [-0.15, -0.1) is 0 Å². The van der Waals surface area contributed by atoms with Crippen molar-refractivity contribution in [2.45, 2.75) is 13.2 Å². The van der Waals surface area contributed by atoms with E-state index in [1.54, 1.807) is 37.4 Å². The molecule has 3 rings (SSSR count). The van der Waals surface area contributed by atoms with E-state index in [2.05, 4.69) is 9.97 Å². The topological polar surface area (TPSA) is 38.2 Å². The Hall–Kier alpha value is -3.09. The fraction of sp³-hybridized carbons (Fsp3) is 0.158. The molecule has 0 bridgehead atoms. The summed E-state index contributed by atoms with van der Waals surface area (Å²) in [7, 11) is 1.60. The molecule has 0 fully saturated rings. The van der Waals surface area contributed by atoms with Crippen LogP contribution >= 0.6 is 0 Å². The summed E-state index contributed by atoms with van der Waals surface area (Å²) in [6, 6.07) is 12.0. The Bertz CT molecular complexity index is 887. The molecule has 0 unspecified atom stereocenters. The minimum absolute atomic E-state index is 0.00245. The predicted molar refractivity (Wildman–Crippen MR) is 91.2 cm³/mol. The molecule has 0 saturated carbocycles. The van der Waals surface area contributed by atoms with Gasteiger partial charge < -0.3 is 9.64 Å². The smallest absolute Gasteiger partial charge is 0.318 e. The van der Waals surface area contributed by atoms with Crippen LogP contribution in [0.4, 0.5) is 19.0 Å². The number of hydrogen-bond acceptors (Lipinski definition) is 4. The number of aromatic nitrogens is 2. The Morgan fingerprint density at radius 3 is 2.42 bits per heavy atom. The standard InChI is InChI=1S/C19H16F3N3O/c1-25(11-14-4-2-3-5-16(14)21)18-17(22)10-23-19(24-18)26-12-13-6-8-15(20)9-7-13/h2-10H,11-12H2,1H3. The van der Waals surface area contributed by atoms with E-state index >= 15 is 0 Å². The molecule has 1 aromatic heterocycles. The van der Waals surface area contributed by atoms with Crippen LogP contribution in [-0.2, 0) is 13.2 Å². The Morgan fingerprint density at radius 2 is 1.69 bits per heavy atom. The van der Waals surface area contributed by atoms with E-state index in [-0.39, 0.29) is 36.6 Å². The molecule has 0 spiro atoms. The van der Waals surface area contributed by atoms with Gasteiger partial charge in [0.25, 0.3) is 0 Å². The highest BCUT2D eigenvalue weighted by molar-refractivity contribution is 5.40. The number of benzene rings is 2. The van der Waals surface area contributed by atoms with Crippen molar-refractivity contribution in [3.05, 3.63) is 83.3 Å². The maximum Gasteiger partial charge on any atom is 0.318 e. The Balaban J connectivity index is 1.72. The van der Waals surface area contributed by atoms with Gasteiger partial charge in [0.05, 0.1) is 6.20 Å². The second-order valence-electron chi connectivity index (χ2n) is 5.69. The third-order valence-electron chi connectivity index (χ3n) is 3.71. The average molecular weight is 359 g/mol. The molecule has 7 heteroatoms. The van der Waals surface area contributed by atoms with Crippen LogP contribution < -0.4 is 9.64 Å². The minimum Gasteiger partial charge on any atom is -0.459 e. The summed E-state index contributed by atoms with van der Waals surface area (Å²) in [5.74, 6) is -1.36. The van der Waals surface area contributed by atoms with Crippen LogP contribution in [0.25, 0.3) is 0 Å². The van der Waals surface area contributed by atoms with Gasteiger partial charge in [-0.1, -0.05) is 30.3 Å². The lowest BCUT2D eigenvalue weighted by molar-refractivity contribution is 0.279. The molecule has 26 heavy (non-hydrogen) atoms. The minimum atomic E-state index is -0.641. The zero-order chi connectivity index (χ0) is 18.5. The van der Waals surface area contributed by atoms with Crippen LogP contribution in [0.15, 0.2) is 54.7 Å². The molecule has 2 aromatic carbocycles. The summed E-state index contributed by atoms with van der Waals surface area (Å²) < 4.78 is 46.2. The average Bonchev–Trinajstić information content (AvgIpc) is 2.64. The van der Waals surface area contributed by atoms with Crippen molar-refractivity contribution in [1.82, 2.24) is 9.97 Å². The number of ether oxygens (including phenoxy) is 1. The fourth-order valence-electron chi connectivity index (χ4n) is 2.37. The predicted octanol–water partition coefficient (Wildman–Crippen LogP) is 4.11. The maximum atomic E-state index is 14.1. The van der Waals surface area contributed by atoms with Crippen molar-refractivity contribution in [3.63, 3.8) is 0 Å². The van der Waals surface area contributed by atoms with Crippen LogP contribution in [0.1, 0.15) is 11.1 Å². The molecule has 0 radical (unpaired) electrons. The SMILES string of the molecule is CN(Cc1ccccc1F)c1nc(OCc2ccc(F)cc2)ncc1F. The third kappa shape index (κ3) is 4.30. The van der Waals surface area contributed by atoms with Gasteiger partial charge in [0, 0.05) is 19.2 Å². The van der Waals surface area contributed by atoms with E-state index in [0.717, 1.165) is 11.8 Å². The Kier molecular flexibility index (Phi) is 5.36. The summed E-state index contributed by atoms with van der Waals surface area (Å²) in [4.78, 5) is 9.32. The Labute approximate surface area is 148 Å². The number of anilines is 1. The van der Waals surface area contributed by atoms with Crippen molar-refractivity contribution in [1.29, 1.82) is 0 Å². The lowest BCUT2D eigenvalue weighted by atomic mass is 10.2. The maximum absolute atomic E-state index is 14.1. The van der Waals surface area contributed by atoms with Crippen LogP contribution in [-0.4, -0.2) is 17.0 Å². The van der Waals surface area contributed by atoms with Gasteiger partial charge in [0.1, 0.15) is 18.2 Å². The molecule has 0 atom stereocenters. The summed E-state index contributed by atoms with van der Waals surface area (Å²) in [5, 5.41) is 0. The summed E-state index contributed by atoms with van der Waals surface area (Å²) in [5.41, 5.74) is 1.14. The van der Waals surface area contributed by atoms with Crippen LogP contribution in [0.3, 0.4) is 0 Å². The lowest BCUT2D eigenvalue weighted by Crippen LogP contribution is -2.20. The second-order valence-corrected chi connectivity index (χ2v) is 5.69. The molecule has 1 heterocycles. The first-order valence-corrected chi connectivity index (χ1v) is 7.87. The van der Waals surface area contributed by atoms with Gasteiger partial charge in [-0.05, 0) is 23.8 Å². The molecule has 0 aliphatic heterocycles. The normalized spacial score (nSPS) is 10.6. The van der Waals surface area contributed by atoms with Crippen molar-refractivity contribution in [2.24, 2.45) is 0 Å². The van der Waals surface area contributed by atoms with Gasteiger partial charge in [-0.3, -0.25) is 0 Å². The van der Waals surface area contributed by atoms with Gasteiger partial charge in [0.2, 0.25) is 0 Å². The number of rotatable bonds is 6. The quantitative estimate of drug-likeness (QED) is 0.664. The molecular formula is C19H16F3N3O. The second kappa shape index (κ2) is 7.86. The zero-order valence-corrected chi connectivity index (χ0v) is 14.0. The van der Waals surface area contributed by atoms with Crippen molar-refractivity contribution < 1.29 is 17.9 Å². The van der Waals surface area contributed by atoms with Crippen molar-refractivity contribution >= 4 is 5.82 Å². The third-order valence-corrected chi connectivity index (χ3v) is 3.71. The van der Waals surface area contributed by atoms with E-state index in [4.69, 9.17) is 4.74 Å². The van der Waals surface area contributed by atoms with Gasteiger partial charge >= 0.3 is 6.01 Å². The van der Waals surface area contributed by atoms with E-state index in [9.17, 15) is 13.2 Å². The first-order chi connectivity index (χ1) is 12.5. The molecule has 0 aliphatic carbocycles. The van der Waals surface area contributed by atoms with E-state index in [0.29, 0.717) is 5.56 Å². The first kappa shape index (κ1) is 17.7. The molecule has 0 saturated heterocycles. The highest BCUT2D eigenvalue weighted by Crippen LogP contribution is 2.20. The first-order valence-electron chi connectivity index (χ1n) is 7.87. The molecule has 3 aromatic rings. The number of nitrogens with zero attached hydrogens (tertiary/aromatic N) is 3. The summed E-state index contributed by atoms with van der Waals surface area (Å²) in [6.45, 7) is 0.250. The summed E-state index contributed by atoms with van der Waals surface area (Å²) >= 11 is 0. The van der Waals surface area contributed by atoms with Crippen molar-refractivity contribution in [2.75, 3.05) is 11.9 Å². The highest BCUT2D eigenvalue weighted by Gasteiger charge is 2.14. The summed E-state index contributed by atoms with van der Waals surface area (Å²) in [6.07, 6.45) is 1.00. The largest absolute Gasteiger partial charge is 0.459 e. The van der Waals surface area contributed by atoms with Gasteiger partial charge in [0.15, 0.2) is 11.6 Å². The fourth-order valence-corrected chi connectivity index (χ4v) is 2.37. The lowest BCUT2D eigenvalue weighted by Gasteiger charge is -2.19. The van der Waals surface area contributed by atoms with Crippen LogP contribution in [0.2, 0.25) is 0 Å².